The number of aliphatic carboxylic acids is 1. The lowest BCUT2D eigenvalue weighted by Gasteiger charge is -2.34. The van der Waals surface area contributed by atoms with Gasteiger partial charge < -0.3 is 14.9 Å². The Bertz CT molecular complexity index is 367. The molecule has 5 heteroatoms. The lowest BCUT2D eigenvalue weighted by atomic mass is 9.83. The number of aliphatic hydroxyl groups is 1. The number of nitrogens with zero attached hydrogens (tertiary/aromatic N) is 1. The minimum atomic E-state index is -0.827. The fourth-order valence-electron chi connectivity index (χ4n) is 4.19. The van der Waals surface area contributed by atoms with Crippen molar-refractivity contribution in [3.05, 3.63) is 0 Å². The highest BCUT2D eigenvalue weighted by Gasteiger charge is 2.43. The predicted octanol–water partition coefficient (Wildman–Crippen LogP) is 1.39. The van der Waals surface area contributed by atoms with Gasteiger partial charge in [0.2, 0.25) is 0 Å². The number of ether oxygens (including phenoxy) is 1. The van der Waals surface area contributed by atoms with Crippen LogP contribution in [0.3, 0.4) is 0 Å². The quantitative estimate of drug-likeness (QED) is 0.819. The van der Waals surface area contributed by atoms with Gasteiger partial charge in [-0.15, -0.1) is 0 Å². The highest BCUT2D eigenvalue weighted by molar-refractivity contribution is 5.74. The van der Waals surface area contributed by atoms with Crippen LogP contribution in [0.1, 0.15) is 51.4 Å². The van der Waals surface area contributed by atoms with Gasteiger partial charge >= 0.3 is 5.97 Å². The maximum Gasteiger partial charge on any atom is 0.321 e. The summed E-state index contributed by atoms with van der Waals surface area (Å²) in [4.78, 5) is 13.1. The second-order valence-corrected chi connectivity index (χ2v) is 6.72. The van der Waals surface area contributed by atoms with Gasteiger partial charge in [-0.1, -0.05) is 19.3 Å². The van der Waals surface area contributed by atoms with Gasteiger partial charge in [-0.3, -0.25) is 9.69 Å². The molecule has 2 N–H and O–H groups in total. The van der Waals surface area contributed by atoms with Gasteiger partial charge in [-0.25, -0.2) is 0 Å². The fourth-order valence-corrected chi connectivity index (χ4v) is 4.19. The van der Waals surface area contributed by atoms with E-state index in [0.29, 0.717) is 19.5 Å². The smallest absolute Gasteiger partial charge is 0.321 e. The van der Waals surface area contributed by atoms with E-state index in [9.17, 15) is 15.0 Å². The third-order valence-electron chi connectivity index (χ3n) is 5.21. The molecule has 0 aromatic heterocycles. The van der Waals surface area contributed by atoms with Crippen LogP contribution in [0.4, 0.5) is 0 Å². The molecule has 3 fully saturated rings. The molecule has 3 aliphatic rings. The first-order valence-electron chi connectivity index (χ1n) is 7.91. The molecule has 2 aliphatic heterocycles. The Balaban J connectivity index is 1.57. The number of carboxylic acids is 1. The highest BCUT2D eigenvalue weighted by Crippen LogP contribution is 2.42. The Morgan fingerprint density at radius 3 is 2.70 bits per heavy atom. The van der Waals surface area contributed by atoms with E-state index in [0.717, 1.165) is 25.7 Å². The molecule has 0 aromatic rings. The van der Waals surface area contributed by atoms with E-state index < -0.39 is 18.1 Å². The van der Waals surface area contributed by atoms with Gasteiger partial charge in [-0.05, 0) is 25.7 Å². The Morgan fingerprint density at radius 1 is 1.25 bits per heavy atom. The summed E-state index contributed by atoms with van der Waals surface area (Å²) in [5.74, 6) is -0.827. The average Bonchev–Trinajstić information content (AvgIpc) is 2.96. The van der Waals surface area contributed by atoms with Crippen LogP contribution in [0.15, 0.2) is 0 Å². The highest BCUT2D eigenvalue weighted by atomic mass is 16.5. The monoisotopic (exact) mass is 283 g/mol. The SMILES string of the molecule is O=C(O)C1CC(O)CN1CC1CCC2(CCCCC2)O1. The summed E-state index contributed by atoms with van der Waals surface area (Å²) >= 11 is 0. The predicted molar refractivity (Wildman–Crippen MR) is 73.5 cm³/mol. The summed E-state index contributed by atoms with van der Waals surface area (Å²) in [5.41, 5.74) is 0.0833. The number of carboxylic acid groups (broad SMARTS) is 1. The lowest BCUT2D eigenvalue weighted by Crippen LogP contribution is -2.42. The van der Waals surface area contributed by atoms with Crippen LogP contribution >= 0.6 is 0 Å². The summed E-state index contributed by atoms with van der Waals surface area (Å²) in [6, 6.07) is -0.545. The number of hydrogen-bond donors (Lipinski definition) is 2. The maximum atomic E-state index is 11.2. The number of likely N-dealkylation sites (tertiary alicyclic amines) is 1. The molecule has 3 unspecified atom stereocenters. The van der Waals surface area contributed by atoms with Crippen LogP contribution in [0.25, 0.3) is 0 Å². The molecule has 5 nitrogen and oxygen atoms in total. The number of hydrogen-bond acceptors (Lipinski definition) is 4. The van der Waals surface area contributed by atoms with E-state index in [1.54, 1.807) is 0 Å². The van der Waals surface area contributed by atoms with Gasteiger partial charge in [0, 0.05) is 19.5 Å². The van der Waals surface area contributed by atoms with E-state index in [1.165, 1.54) is 19.3 Å². The van der Waals surface area contributed by atoms with Crippen LogP contribution in [-0.2, 0) is 9.53 Å². The molecule has 2 heterocycles. The Kier molecular flexibility index (Phi) is 4.02. The van der Waals surface area contributed by atoms with Gasteiger partial charge in [0.15, 0.2) is 0 Å². The minimum Gasteiger partial charge on any atom is -0.480 e. The summed E-state index contributed by atoms with van der Waals surface area (Å²) in [5, 5.41) is 18.9. The topological polar surface area (TPSA) is 70.0 Å². The van der Waals surface area contributed by atoms with Crippen LogP contribution in [0.5, 0.6) is 0 Å². The molecule has 0 radical (unpaired) electrons. The zero-order chi connectivity index (χ0) is 14.2. The lowest BCUT2D eigenvalue weighted by molar-refractivity contribution is -0.143. The third-order valence-corrected chi connectivity index (χ3v) is 5.21. The van der Waals surface area contributed by atoms with Crippen molar-refractivity contribution >= 4 is 5.97 Å². The zero-order valence-electron chi connectivity index (χ0n) is 12.0. The molecule has 1 spiro atoms. The summed E-state index contributed by atoms with van der Waals surface area (Å²) in [6.07, 6.45) is 8.26. The van der Waals surface area contributed by atoms with E-state index in [-0.39, 0.29) is 11.7 Å². The Labute approximate surface area is 119 Å². The molecule has 20 heavy (non-hydrogen) atoms. The summed E-state index contributed by atoms with van der Waals surface area (Å²) < 4.78 is 6.30. The third kappa shape index (κ3) is 2.85. The minimum absolute atomic E-state index is 0.0833. The molecule has 0 aromatic carbocycles. The summed E-state index contributed by atoms with van der Waals surface area (Å²) in [6.45, 7) is 1.11. The first-order valence-corrected chi connectivity index (χ1v) is 7.91. The van der Waals surface area contributed by atoms with E-state index in [2.05, 4.69) is 0 Å². The van der Waals surface area contributed by atoms with Crippen molar-refractivity contribution in [1.82, 2.24) is 4.90 Å². The molecule has 1 aliphatic carbocycles. The van der Waals surface area contributed by atoms with E-state index >= 15 is 0 Å². The van der Waals surface area contributed by atoms with Crippen molar-refractivity contribution < 1.29 is 19.7 Å². The van der Waals surface area contributed by atoms with Crippen LogP contribution < -0.4 is 0 Å². The molecule has 3 rings (SSSR count). The van der Waals surface area contributed by atoms with Gasteiger partial charge in [0.1, 0.15) is 6.04 Å². The molecule has 1 saturated carbocycles. The number of rotatable bonds is 3. The first-order chi connectivity index (χ1) is 9.58. The van der Waals surface area contributed by atoms with Crippen LogP contribution in [0.2, 0.25) is 0 Å². The normalized spacial score (nSPS) is 37.5. The largest absolute Gasteiger partial charge is 0.480 e. The zero-order valence-corrected chi connectivity index (χ0v) is 12.0. The number of carbonyl (C=O) groups is 1. The molecule has 2 saturated heterocycles. The maximum absolute atomic E-state index is 11.2. The van der Waals surface area contributed by atoms with Crippen LogP contribution in [0, 0.1) is 0 Å². The molecular formula is C15H25NO4. The van der Waals surface area contributed by atoms with Gasteiger partial charge in [-0.2, -0.15) is 0 Å². The van der Waals surface area contributed by atoms with Crippen molar-refractivity contribution in [3.8, 4) is 0 Å². The van der Waals surface area contributed by atoms with E-state index in [4.69, 9.17) is 4.74 Å². The van der Waals surface area contributed by atoms with Crippen molar-refractivity contribution in [2.24, 2.45) is 0 Å². The number of aliphatic hydroxyl groups excluding tert-OH is 1. The molecule has 114 valence electrons. The first kappa shape index (κ1) is 14.3. The standard InChI is InChI=1S/C15H25NO4/c17-11-8-13(14(18)19)16(9-11)10-12-4-7-15(20-12)5-2-1-3-6-15/h11-13,17H,1-10H2,(H,18,19). The second kappa shape index (κ2) is 5.62. The van der Waals surface area contributed by atoms with Gasteiger partial charge in [0.05, 0.1) is 17.8 Å². The second-order valence-electron chi connectivity index (χ2n) is 6.72. The Morgan fingerprint density at radius 2 is 2.00 bits per heavy atom. The fraction of sp³-hybridized carbons (Fsp3) is 0.933. The van der Waals surface area contributed by atoms with Crippen molar-refractivity contribution in [2.45, 2.75) is 75.2 Å². The average molecular weight is 283 g/mol. The Hall–Kier alpha value is -0.650. The van der Waals surface area contributed by atoms with E-state index in [1.807, 2.05) is 4.90 Å². The van der Waals surface area contributed by atoms with Crippen LogP contribution in [-0.4, -0.2) is 58.0 Å². The van der Waals surface area contributed by atoms with Crippen molar-refractivity contribution in [2.75, 3.05) is 13.1 Å². The van der Waals surface area contributed by atoms with Gasteiger partial charge in [0.25, 0.3) is 0 Å². The molecular weight excluding hydrogens is 258 g/mol. The van der Waals surface area contributed by atoms with Crippen molar-refractivity contribution in [1.29, 1.82) is 0 Å². The molecule has 0 amide bonds. The number of β-amino-alcohol motifs (C(OH)–C–C–N with tert-alkyl or cyclic N) is 1. The molecule has 3 atom stereocenters. The van der Waals surface area contributed by atoms with Crippen molar-refractivity contribution in [3.63, 3.8) is 0 Å². The molecule has 0 bridgehead atoms. The summed E-state index contributed by atoms with van der Waals surface area (Å²) in [7, 11) is 0.